The summed E-state index contributed by atoms with van der Waals surface area (Å²) < 4.78 is 5.11. The van der Waals surface area contributed by atoms with E-state index in [0.717, 1.165) is 16.3 Å². The fourth-order valence-corrected chi connectivity index (χ4v) is 1.58. The minimum absolute atomic E-state index is 0.136. The number of rotatable bonds is 1. The molecule has 2 rings (SSSR count). The SMILES string of the molecule is COc1[nH]c(=O)cc2c(C)cccc12. The molecule has 1 N–H and O–H groups in total. The van der Waals surface area contributed by atoms with Gasteiger partial charge in [0.15, 0.2) is 0 Å². The first-order valence-electron chi connectivity index (χ1n) is 4.39. The van der Waals surface area contributed by atoms with E-state index < -0.39 is 0 Å². The molecule has 1 aromatic heterocycles. The number of fused-ring (bicyclic) bond motifs is 1. The molecule has 1 heterocycles. The van der Waals surface area contributed by atoms with Gasteiger partial charge < -0.3 is 4.74 Å². The Morgan fingerprint density at radius 2 is 2.07 bits per heavy atom. The molecule has 0 spiro atoms. The van der Waals surface area contributed by atoms with Gasteiger partial charge in [0, 0.05) is 11.5 Å². The van der Waals surface area contributed by atoms with E-state index in [-0.39, 0.29) is 5.56 Å². The zero-order chi connectivity index (χ0) is 10.1. The average molecular weight is 189 g/mol. The van der Waals surface area contributed by atoms with Crippen molar-refractivity contribution in [1.29, 1.82) is 0 Å². The van der Waals surface area contributed by atoms with Crippen LogP contribution in [-0.2, 0) is 0 Å². The van der Waals surface area contributed by atoms with Crippen LogP contribution in [0.4, 0.5) is 0 Å². The van der Waals surface area contributed by atoms with E-state index in [1.54, 1.807) is 13.2 Å². The van der Waals surface area contributed by atoms with Gasteiger partial charge in [-0.1, -0.05) is 12.1 Å². The van der Waals surface area contributed by atoms with Crippen molar-refractivity contribution in [3.63, 3.8) is 0 Å². The third kappa shape index (κ3) is 1.27. The standard InChI is InChI=1S/C11H11NO2/c1-7-4-3-5-8-9(7)6-10(13)12-11(8)14-2/h3-6H,1-2H3,(H,12,13). The summed E-state index contributed by atoms with van der Waals surface area (Å²) in [5, 5.41) is 1.88. The van der Waals surface area contributed by atoms with Crippen LogP contribution in [-0.4, -0.2) is 12.1 Å². The monoisotopic (exact) mass is 189 g/mol. The lowest BCUT2D eigenvalue weighted by molar-refractivity contribution is 0.402. The van der Waals surface area contributed by atoms with E-state index in [4.69, 9.17) is 4.74 Å². The Labute approximate surface area is 81.3 Å². The van der Waals surface area contributed by atoms with E-state index in [9.17, 15) is 4.79 Å². The van der Waals surface area contributed by atoms with E-state index >= 15 is 0 Å². The number of hydrogen-bond acceptors (Lipinski definition) is 2. The summed E-state index contributed by atoms with van der Waals surface area (Å²) in [5.74, 6) is 0.524. The highest BCUT2D eigenvalue weighted by Crippen LogP contribution is 2.23. The third-order valence-electron chi connectivity index (χ3n) is 2.29. The van der Waals surface area contributed by atoms with Crippen LogP contribution in [0.1, 0.15) is 5.56 Å². The predicted octanol–water partition coefficient (Wildman–Crippen LogP) is 1.85. The minimum Gasteiger partial charge on any atom is -0.482 e. The average Bonchev–Trinajstić information content (AvgIpc) is 2.18. The van der Waals surface area contributed by atoms with Crippen molar-refractivity contribution in [2.75, 3.05) is 7.11 Å². The number of ether oxygens (including phenoxy) is 1. The lowest BCUT2D eigenvalue weighted by Gasteiger charge is -2.05. The van der Waals surface area contributed by atoms with E-state index in [0.29, 0.717) is 5.88 Å². The molecule has 0 saturated carbocycles. The van der Waals surface area contributed by atoms with Crippen molar-refractivity contribution in [3.8, 4) is 5.88 Å². The Kier molecular flexibility index (Phi) is 2.00. The molecule has 14 heavy (non-hydrogen) atoms. The Morgan fingerprint density at radius 3 is 2.79 bits per heavy atom. The number of methoxy groups -OCH3 is 1. The fourth-order valence-electron chi connectivity index (χ4n) is 1.58. The van der Waals surface area contributed by atoms with Gasteiger partial charge in [0.05, 0.1) is 7.11 Å². The molecule has 72 valence electrons. The first-order valence-corrected chi connectivity index (χ1v) is 4.39. The van der Waals surface area contributed by atoms with Crippen molar-refractivity contribution >= 4 is 10.8 Å². The normalized spacial score (nSPS) is 10.4. The molecule has 0 unspecified atom stereocenters. The molecule has 3 heteroatoms. The van der Waals surface area contributed by atoms with Crippen LogP contribution in [0.25, 0.3) is 10.8 Å². The zero-order valence-corrected chi connectivity index (χ0v) is 8.13. The van der Waals surface area contributed by atoms with E-state index in [1.165, 1.54) is 0 Å². The highest BCUT2D eigenvalue weighted by molar-refractivity contribution is 5.89. The highest BCUT2D eigenvalue weighted by atomic mass is 16.5. The Morgan fingerprint density at radius 1 is 1.29 bits per heavy atom. The number of aryl methyl sites for hydroxylation is 1. The van der Waals surface area contributed by atoms with Gasteiger partial charge >= 0.3 is 0 Å². The smallest absolute Gasteiger partial charge is 0.251 e. The summed E-state index contributed by atoms with van der Waals surface area (Å²) in [4.78, 5) is 13.9. The van der Waals surface area contributed by atoms with Crippen molar-refractivity contribution in [3.05, 3.63) is 40.2 Å². The summed E-state index contributed by atoms with van der Waals surface area (Å²) in [6.45, 7) is 1.97. The van der Waals surface area contributed by atoms with Gasteiger partial charge in [-0.25, -0.2) is 0 Å². The molecule has 0 aliphatic rings. The summed E-state index contributed by atoms with van der Waals surface area (Å²) in [6, 6.07) is 7.43. The number of pyridine rings is 1. The maximum Gasteiger partial charge on any atom is 0.251 e. The van der Waals surface area contributed by atoms with E-state index in [1.807, 2.05) is 25.1 Å². The molecule has 0 fully saturated rings. The predicted molar refractivity (Wildman–Crippen MR) is 55.9 cm³/mol. The van der Waals surface area contributed by atoms with Crippen molar-refractivity contribution in [2.45, 2.75) is 6.92 Å². The van der Waals surface area contributed by atoms with Gasteiger partial charge in [-0.05, 0) is 23.9 Å². The first-order chi connectivity index (χ1) is 6.72. The highest BCUT2D eigenvalue weighted by Gasteiger charge is 2.04. The minimum atomic E-state index is -0.136. The second kappa shape index (κ2) is 3.18. The van der Waals surface area contributed by atoms with Crippen LogP contribution in [0.3, 0.4) is 0 Å². The maximum atomic E-state index is 11.3. The van der Waals surface area contributed by atoms with Crippen LogP contribution in [0, 0.1) is 6.92 Å². The molecule has 1 aromatic carbocycles. The second-order valence-corrected chi connectivity index (χ2v) is 3.20. The number of aromatic amines is 1. The second-order valence-electron chi connectivity index (χ2n) is 3.20. The zero-order valence-electron chi connectivity index (χ0n) is 8.13. The molecule has 2 aromatic rings. The Bertz CT molecular complexity index is 528. The molecule has 3 nitrogen and oxygen atoms in total. The molecule has 0 aliphatic carbocycles. The maximum absolute atomic E-state index is 11.3. The molecule has 0 atom stereocenters. The lowest BCUT2D eigenvalue weighted by atomic mass is 10.1. The summed E-state index contributed by atoms with van der Waals surface area (Å²) >= 11 is 0. The van der Waals surface area contributed by atoms with Crippen molar-refractivity contribution < 1.29 is 4.74 Å². The van der Waals surface area contributed by atoms with Crippen LogP contribution < -0.4 is 10.3 Å². The summed E-state index contributed by atoms with van der Waals surface area (Å²) in [6.07, 6.45) is 0. The lowest BCUT2D eigenvalue weighted by Crippen LogP contribution is -2.06. The van der Waals surface area contributed by atoms with Crippen LogP contribution in [0.2, 0.25) is 0 Å². The van der Waals surface area contributed by atoms with Gasteiger partial charge in [-0.2, -0.15) is 0 Å². The molecular weight excluding hydrogens is 178 g/mol. The Hall–Kier alpha value is -1.77. The van der Waals surface area contributed by atoms with Crippen LogP contribution in [0.15, 0.2) is 29.1 Å². The first kappa shape index (κ1) is 8.81. The molecular formula is C11H11NO2. The number of aromatic nitrogens is 1. The number of benzene rings is 1. The van der Waals surface area contributed by atoms with Crippen LogP contribution in [0.5, 0.6) is 5.88 Å². The van der Waals surface area contributed by atoms with Crippen LogP contribution >= 0.6 is 0 Å². The van der Waals surface area contributed by atoms with Crippen molar-refractivity contribution in [1.82, 2.24) is 4.98 Å². The number of nitrogens with one attached hydrogen (secondary N) is 1. The number of hydrogen-bond donors (Lipinski definition) is 1. The van der Waals surface area contributed by atoms with Gasteiger partial charge in [0.25, 0.3) is 5.56 Å². The van der Waals surface area contributed by atoms with Gasteiger partial charge in [0.2, 0.25) is 5.88 Å². The third-order valence-corrected chi connectivity index (χ3v) is 2.29. The molecule has 0 amide bonds. The molecule has 0 saturated heterocycles. The van der Waals surface area contributed by atoms with Gasteiger partial charge in [0.1, 0.15) is 0 Å². The number of H-pyrrole nitrogens is 1. The quantitative estimate of drug-likeness (QED) is 0.743. The molecule has 0 aliphatic heterocycles. The topological polar surface area (TPSA) is 42.1 Å². The molecule has 0 radical (unpaired) electrons. The van der Waals surface area contributed by atoms with E-state index in [2.05, 4.69) is 4.98 Å². The Balaban J connectivity index is 2.94. The molecule has 0 bridgehead atoms. The van der Waals surface area contributed by atoms with Gasteiger partial charge in [-0.3, -0.25) is 9.78 Å². The largest absolute Gasteiger partial charge is 0.482 e. The van der Waals surface area contributed by atoms with Gasteiger partial charge in [-0.15, -0.1) is 0 Å². The summed E-state index contributed by atoms with van der Waals surface area (Å²) in [5.41, 5.74) is 0.940. The van der Waals surface area contributed by atoms with Crippen molar-refractivity contribution in [2.24, 2.45) is 0 Å². The fraction of sp³-hybridized carbons (Fsp3) is 0.182. The summed E-state index contributed by atoms with van der Waals surface area (Å²) in [7, 11) is 1.55.